The zero-order valence-corrected chi connectivity index (χ0v) is 18.8. The monoisotopic (exact) mass is 420 g/mol. The highest BCUT2D eigenvalue weighted by molar-refractivity contribution is 6.66. The zero-order valence-electron chi connectivity index (χ0n) is 18.8. The average Bonchev–Trinajstić information content (AvgIpc) is 3.27. The molecule has 158 valence electrons. The van der Waals surface area contributed by atoms with E-state index in [1.54, 1.807) is 0 Å². The van der Waals surface area contributed by atoms with Gasteiger partial charge in [-0.15, -0.1) is 0 Å². The molecule has 0 unspecified atom stereocenters. The molecule has 4 heteroatoms. The van der Waals surface area contributed by atoms with Gasteiger partial charge in [0.1, 0.15) is 11.2 Å². The summed E-state index contributed by atoms with van der Waals surface area (Å²) < 4.78 is 19.1. The van der Waals surface area contributed by atoms with Crippen LogP contribution in [0.5, 0.6) is 0 Å². The van der Waals surface area contributed by atoms with Gasteiger partial charge >= 0.3 is 7.12 Å². The molecule has 32 heavy (non-hydrogen) atoms. The highest BCUT2D eigenvalue weighted by Crippen LogP contribution is 2.39. The van der Waals surface area contributed by atoms with Gasteiger partial charge in [-0.2, -0.15) is 0 Å². The SMILES string of the molecule is CC1(C)OB(c2cccc3oc4c5ccc(-c6ccccc6)cc5ccc4c23)OC1(C)C. The van der Waals surface area contributed by atoms with Crippen molar-refractivity contribution < 1.29 is 13.7 Å². The van der Waals surface area contributed by atoms with E-state index in [9.17, 15) is 0 Å². The fourth-order valence-electron chi connectivity index (χ4n) is 4.62. The van der Waals surface area contributed by atoms with Gasteiger partial charge in [-0.05, 0) is 73.9 Å². The summed E-state index contributed by atoms with van der Waals surface area (Å²) >= 11 is 0. The Hall–Kier alpha value is -3.08. The van der Waals surface area contributed by atoms with Crippen LogP contribution in [0.1, 0.15) is 27.7 Å². The summed E-state index contributed by atoms with van der Waals surface area (Å²) in [6.07, 6.45) is 0. The van der Waals surface area contributed by atoms with Gasteiger partial charge in [-0.1, -0.05) is 54.6 Å². The molecule has 5 aromatic rings. The molecule has 0 radical (unpaired) electrons. The second-order valence-corrected chi connectivity index (χ2v) is 9.65. The lowest BCUT2D eigenvalue weighted by Gasteiger charge is -2.32. The Morgan fingerprint density at radius 1 is 0.656 bits per heavy atom. The van der Waals surface area contributed by atoms with Gasteiger partial charge in [0.2, 0.25) is 0 Å². The average molecular weight is 420 g/mol. The Bertz CT molecular complexity index is 1460. The van der Waals surface area contributed by atoms with E-state index in [2.05, 4.69) is 88.4 Å². The summed E-state index contributed by atoms with van der Waals surface area (Å²) in [7, 11) is -0.430. The van der Waals surface area contributed by atoms with E-state index in [0.717, 1.165) is 38.2 Å². The molecule has 1 aliphatic heterocycles. The van der Waals surface area contributed by atoms with Crippen molar-refractivity contribution in [3.05, 3.63) is 78.9 Å². The van der Waals surface area contributed by atoms with Crippen molar-refractivity contribution in [2.75, 3.05) is 0 Å². The lowest BCUT2D eigenvalue weighted by Crippen LogP contribution is -2.41. The van der Waals surface area contributed by atoms with E-state index >= 15 is 0 Å². The number of furan rings is 1. The first-order chi connectivity index (χ1) is 15.3. The number of benzene rings is 4. The fourth-order valence-corrected chi connectivity index (χ4v) is 4.62. The van der Waals surface area contributed by atoms with E-state index in [-0.39, 0.29) is 11.2 Å². The molecule has 1 fully saturated rings. The van der Waals surface area contributed by atoms with Crippen molar-refractivity contribution in [1.29, 1.82) is 0 Å². The number of hydrogen-bond acceptors (Lipinski definition) is 3. The Kier molecular flexibility index (Phi) is 4.11. The van der Waals surface area contributed by atoms with Crippen LogP contribution >= 0.6 is 0 Å². The lowest BCUT2D eigenvalue weighted by atomic mass is 9.76. The third-order valence-electron chi connectivity index (χ3n) is 7.12. The van der Waals surface area contributed by atoms with Crippen molar-refractivity contribution >= 4 is 45.3 Å². The predicted molar refractivity (Wildman–Crippen MR) is 132 cm³/mol. The Labute approximate surface area is 188 Å². The van der Waals surface area contributed by atoms with Crippen molar-refractivity contribution in [3.63, 3.8) is 0 Å². The largest absolute Gasteiger partial charge is 0.495 e. The fraction of sp³-hybridized carbons (Fsp3) is 0.214. The van der Waals surface area contributed by atoms with Gasteiger partial charge in [0.05, 0.1) is 11.2 Å². The van der Waals surface area contributed by atoms with E-state index in [1.165, 1.54) is 11.1 Å². The Morgan fingerprint density at radius 3 is 2.12 bits per heavy atom. The van der Waals surface area contributed by atoms with Gasteiger partial charge in [-0.3, -0.25) is 0 Å². The van der Waals surface area contributed by atoms with Crippen LogP contribution in [0.15, 0.2) is 83.3 Å². The topological polar surface area (TPSA) is 31.6 Å². The second-order valence-electron chi connectivity index (χ2n) is 9.65. The van der Waals surface area contributed by atoms with Crippen LogP contribution in [0.3, 0.4) is 0 Å². The first-order valence-electron chi connectivity index (χ1n) is 11.1. The first kappa shape index (κ1) is 19.6. The third-order valence-corrected chi connectivity index (χ3v) is 7.12. The van der Waals surface area contributed by atoms with E-state index in [0.29, 0.717) is 0 Å². The van der Waals surface area contributed by atoms with E-state index < -0.39 is 7.12 Å². The van der Waals surface area contributed by atoms with Gasteiger partial charge in [0.15, 0.2) is 0 Å². The molecule has 0 bridgehead atoms. The van der Waals surface area contributed by atoms with Crippen molar-refractivity contribution in [3.8, 4) is 11.1 Å². The molecule has 0 atom stereocenters. The molecule has 0 amide bonds. The number of rotatable bonds is 2. The van der Waals surface area contributed by atoms with Gasteiger partial charge in [0.25, 0.3) is 0 Å². The summed E-state index contributed by atoms with van der Waals surface area (Å²) in [5.74, 6) is 0. The molecule has 3 nitrogen and oxygen atoms in total. The molecule has 0 N–H and O–H groups in total. The van der Waals surface area contributed by atoms with Crippen LogP contribution in [0.25, 0.3) is 43.8 Å². The quantitative estimate of drug-likeness (QED) is 0.298. The molecule has 0 spiro atoms. The van der Waals surface area contributed by atoms with E-state index in [1.807, 2.05) is 18.2 Å². The van der Waals surface area contributed by atoms with Gasteiger partial charge in [0, 0.05) is 16.2 Å². The molecule has 6 rings (SSSR count). The number of hydrogen-bond donors (Lipinski definition) is 0. The smallest absolute Gasteiger partial charge is 0.455 e. The summed E-state index contributed by atoms with van der Waals surface area (Å²) in [4.78, 5) is 0. The summed E-state index contributed by atoms with van der Waals surface area (Å²) in [5, 5.41) is 4.42. The van der Waals surface area contributed by atoms with E-state index in [4.69, 9.17) is 13.7 Å². The van der Waals surface area contributed by atoms with Crippen LogP contribution < -0.4 is 5.46 Å². The standard InChI is InChI=1S/C28H25BO3/c1-27(2)28(3,4)32-29(31-27)23-11-8-12-24-25(23)22-16-14-20-17-19(18-9-6-5-7-10-18)13-15-21(20)26(22)30-24/h5-17H,1-4H3. The number of fused-ring (bicyclic) bond motifs is 5. The minimum Gasteiger partial charge on any atom is -0.455 e. The maximum absolute atomic E-state index is 6.40. The van der Waals surface area contributed by atoms with Crippen LogP contribution in [0.4, 0.5) is 0 Å². The Morgan fingerprint density at radius 2 is 1.38 bits per heavy atom. The highest BCUT2D eigenvalue weighted by Gasteiger charge is 2.52. The summed E-state index contributed by atoms with van der Waals surface area (Å²) in [5.41, 5.74) is 4.40. The van der Waals surface area contributed by atoms with Gasteiger partial charge in [-0.25, -0.2) is 0 Å². The summed E-state index contributed by atoms with van der Waals surface area (Å²) in [6, 6.07) is 27.5. The predicted octanol–water partition coefficient (Wildman–Crippen LogP) is 6.71. The summed E-state index contributed by atoms with van der Waals surface area (Å²) in [6.45, 7) is 8.33. The molecule has 4 aromatic carbocycles. The third kappa shape index (κ3) is 2.83. The van der Waals surface area contributed by atoms with Crippen molar-refractivity contribution in [2.24, 2.45) is 0 Å². The minimum absolute atomic E-state index is 0.389. The molecule has 1 saturated heterocycles. The first-order valence-corrected chi connectivity index (χ1v) is 11.1. The molecule has 0 aliphatic carbocycles. The highest BCUT2D eigenvalue weighted by atomic mass is 16.7. The lowest BCUT2D eigenvalue weighted by molar-refractivity contribution is 0.00578. The van der Waals surface area contributed by atoms with Crippen LogP contribution in [0.2, 0.25) is 0 Å². The second kappa shape index (κ2) is 6.71. The van der Waals surface area contributed by atoms with Crippen molar-refractivity contribution in [2.45, 2.75) is 38.9 Å². The van der Waals surface area contributed by atoms with Crippen LogP contribution in [-0.4, -0.2) is 18.3 Å². The zero-order chi connectivity index (χ0) is 22.1. The van der Waals surface area contributed by atoms with Crippen LogP contribution in [-0.2, 0) is 9.31 Å². The minimum atomic E-state index is -0.430. The maximum Gasteiger partial charge on any atom is 0.495 e. The Balaban J connectivity index is 1.54. The molecule has 1 aromatic heterocycles. The van der Waals surface area contributed by atoms with Gasteiger partial charge < -0.3 is 13.7 Å². The molecule has 0 saturated carbocycles. The van der Waals surface area contributed by atoms with Crippen LogP contribution in [0, 0.1) is 0 Å². The molecular formula is C28H25BO3. The normalized spacial score (nSPS) is 17.6. The molecule has 2 heterocycles. The molecular weight excluding hydrogens is 395 g/mol. The molecule has 1 aliphatic rings. The van der Waals surface area contributed by atoms with Crippen molar-refractivity contribution in [1.82, 2.24) is 0 Å². The maximum atomic E-state index is 6.40.